The molecular weight excluding hydrogens is 426 g/mol. The van der Waals surface area contributed by atoms with Gasteiger partial charge in [-0.1, -0.05) is 17.7 Å². The first-order valence-electron chi connectivity index (χ1n) is 8.91. The Morgan fingerprint density at radius 2 is 1.62 bits per heavy atom. The van der Waals surface area contributed by atoms with E-state index in [2.05, 4.69) is 4.72 Å². The number of carbonyl (C=O) groups is 1. The zero-order valence-electron chi connectivity index (χ0n) is 15.7. The fraction of sp³-hybridized carbons (Fsp3) is 0.136. The lowest BCUT2D eigenvalue weighted by atomic mass is 10.1. The minimum Gasteiger partial charge on any atom is -0.478 e. The predicted octanol–water partition coefficient (Wildman–Crippen LogP) is 6.53. The quantitative estimate of drug-likeness (QED) is 0.222. The number of hydrogen-bond acceptors (Lipinski definition) is 5. The molecule has 7 heteroatoms. The van der Waals surface area contributed by atoms with Gasteiger partial charge in [-0.05, 0) is 85.1 Å². The summed E-state index contributed by atoms with van der Waals surface area (Å²) >= 11 is 9.06. The lowest BCUT2D eigenvalue weighted by Crippen LogP contribution is -2.08. The van der Waals surface area contributed by atoms with E-state index in [-0.39, 0.29) is 0 Å². The monoisotopic (exact) mass is 445 g/mol. The molecule has 0 saturated carbocycles. The molecule has 0 spiro atoms. The first kappa shape index (κ1) is 21.6. The second-order valence-electron chi connectivity index (χ2n) is 6.15. The number of nitrogens with one attached hydrogen (secondary N) is 1. The van der Waals surface area contributed by atoms with Crippen LogP contribution in [-0.4, -0.2) is 23.4 Å². The number of aromatic carboxylic acids is 1. The summed E-state index contributed by atoms with van der Waals surface area (Å²) in [6.07, 6.45) is 0. The van der Waals surface area contributed by atoms with Crippen LogP contribution in [0.3, 0.4) is 0 Å². The van der Waals surface area contributed by atoms with Gasteiger partial charge >= 0.3 is 5.97 Å². The van der Waals surface area contributed by atoms with Crippen LogP contribution in [-0.2, 0) is 0 Å². The molecule has 0 fully saturated rings. The molecule has 0 aromatic heterocycles. The van der Waals surface area contributed by atoms with E-state index in [1.807, 2.05) is 48.5 Å². The average molecular weight is 446 g/mol. The van der Waals surface area contributed by atoms with E-state index < -0.39 is 5.97 Å². The van der Waals surface area contributed by atoms with Gasteiger partial charge in [0.15, 0.2) is 0 Å². The maximum atomic E-state index is 11.2. The van der Waals surface area contributed by atoms with Crippen molar-refractivity contribution >= 4 is 41.3 Å². The molecule has 0 radical (unpaired) electrons. The van der Waals surface area contributed by atoms with E-state index in [0.29, 0.717) is 10.6 Å². The zero-order chi connectivity index (χ0) is 20.6. The Morgan fingerprint density at radius 3 is 2.28 bits per heavy atom. The van der Waals surface area contributed by atoms with E-state index in [9.17, 15) is 9.90 Å². The van der Waals surface area contributed by atoms with Crippen LogP contribution in [0.1, 0.15) is 15.9 Å². The lowest BCUT2D eigenvalue weighted by Gasteiger charge is -2.08. The minimum atomic E-state index is -0.899. The van der Waals surface area contributed by atoms with Gasteiger partial charge in [0, 0.05) is 27.1 Å². The zero-order valence-corrected chi connectivity index (χ0v) is 18.1. The van der Waals surface area contributed by atoms with E-state index in [0.717, 1.165) is 39.2 Å². The first-order valence-corrected chi connectivity index (χ1v) is 11.1. The third-order valence-corrected chi connectivity index (χ3v) is 6.08. The van der Waals surface area contributed by atoms with Crippen LogP contribution in [0, 0.1) is 6.92 Å². The van der Waals surface area contributed by atoms with Crippen molar-refractivity contribution in [1.29, 1.82) is 0 Å². The Labute approximate surface area is 183 Å². The van der Waals surface area contributed by atoms with Gasteiger partial charge in [-0.15, -0.1) is 11.8 Å². The molecule has 29 heavy (non-hydrogen) atoms. The third-order valence-electron chi connectivity index (χ3n) is 3.98. The van der Waals surface area contributed by atoms with Crippen molar-refractivity contribution in [2.75, 3.05) is 12.3 Å². The number of thioether (sulfide) groups is 1. The molecule has 4 nitrogen and oxygen atoms in total. The van der Waals surface area contributed by atoms with Gasteiger partial charge in [0.05, 0.1) is 5.56 Å². The number of carboxylic acids is 1. The lowest BCUT2D eigenvalue weighted by molar-refractivity contribution is 0.0696. The SMILES string of the molecule is Cc1ccc(SNCCSc2ccc(Oc3ccc(Cl)cc3)cc2)cc1C(=O)O. The fourth-order valence-corrected chi connectivity index (χ4v) is 4.19. The average Bonchev–Trinajstić information content (AvgIpc) is 2.71. The molecule has 3 aromatic carbocycles. The highest BCUT2D eigenvalue weighted by Gasteiger charge is 2.08. The summed E-state index contributed by atoms with van der Waals surface area (Å²) in [6, 6.07) is 20.7. The Morgan fingerprint density at radius 1 is 1.00 bits per heavy atom. The second-order valence-corrected chi connectivity index (χ2v) is 8.72. The highest BCUT2D eigenvalue weighted by Crippen LogP contribution is 2.26. The van der Waals surface area contributed by atoms with Crippen molar-refractivity contribution in [3.8, 4) is 11.5 Å². The fourth-order valence-electron chi connectivity index (χ4n) is 2.48. The van der Waals surface area contributed by atoms with E-state index >= 15 is 0 Å². The molecule has 0 amide bonds. The molecule has 3 aromatic rings. The molecule has 0 saturated heterocycles. The molecule has 0 unspecified atom stereocenters. The van der Waals surface area contributed by atoms with Gasteiger partial charge in [0.2, 0.25) is 0 Å². The third kappa shape index (κ3) is 6.72. The number of benzene rings is 3. The normalized spacial score (nSPS) is 10.7. The highest BCUT2D eigenvalue weighted by molar-refractivity contribution is 7.99. The van der Waals surface area contributed by atoms with Gasteiger partial charge in [0.1, 0.15) is 11.5 Å². The van der Waals surface area contributed by atoms with E-state index in [1.54, 1.807) is 36.9 Å². The number of carboxylic acid groups (broad SMARTS) is 1. The van der Waals surface area contributed by atoms with E-state index in [4.69, 9.17) is 16.3 Å². The molecule has 0 aliphatic carbocycles. The standard InChI is InChI=1S/C22H20ClNO3S2/c1-15-2-9-20(14-21(15)22(25)26)29-24-12-13-28-19-10-7-18(8-11-19)27-17-5-3-16(23)4-6-17/h2-11,14,24H,12-13H2,1H3,(H,25,26). The summed E-state index contributed by atoms with van der Waals surface area (Å²) in [5.41, 5.74) is 1.10. The first-order chi connectivity index (χ1) is 14.0. The second kappa shape index (κ2) is 10.6. The van der Waals surface area contributed by atoms with Gasteiger partial charge in [-0.25, -0.2) is 4.79 Å². The van der Waals surface area contributed by atoms with Crippen molar-refractivity contribution in [3.63, 3.8) is 0 Å². The number of hydrogen-bond donors (Lipinski definition) is 2. The van der Waals surface area contributed by atoms with Gasteiger partial charge in [-0.2, -0.15) is 0 Å². The largest absolute Gasteiger partial charge is 0.478 e. The summed E-state index contributed by atoms with van der Waals surface area (Å²) in [4.78, 5) is 13.2. The molecule has 0 aliphatic heterocycles. The van der Waals surface area contributed by atoms with Gasteiger partial charge in [0.25, 0.3) is 0 Å². The Kier molecular flexibility index (Phi) is 7.89. The highest BCUT2D eigenvalue weighted by atomic mass is 35.5. The van der Waals surface area contributed by atoms with Crippen molar-refractivity contribution in [3.05, 3.63) is 82.9 Å². The van der Waals surface area contributed by atoms with Crippen molar-refractivity contribution in [2.24, 2.45) is 0 Å². The molecule has 2 N–H and O–H groups in total. The summed E-state index contributed by atoms with van der Waals surface area (Å²) in [5, 5.41) is 9.87. The molecule has 150 valence electrons. The minimum absolute atomic E-state index is 0.340. The Balaban J connectivity index is 1.41. The van der Waals surface area contributed by atoms with Crippen LogP contribution in [0.5, 0.6) is 11.5 Å². The van der Waals surface area contributed by atoms with Crippen molar-refractivity contribution < 1.29 is 14.6 Å². The molecule has 0 aliphatic rings. The number of ether oxygens (including phenoxy) is 1. The number of halogens is 1. The van der Waals surface area contributed by atoms with Gasteiger partial charge in [-0.3, -0.25) is 4.72 Å². The molecular formula is C22H20ClNO3S2. The molecule has 3 rings (SSSR count). The molecule has 0 atom stereocenters. The van der Waals surface area contributed by atoms with E-state index in [1.165, 1.54) is 11.9 Å². The van der Waals surface area contributed by atoms with Crippen molar-refractivity contribution in [1.82, 2.24) is 4.72 Å². The number of rotatable bonds is 9. The Hall–Kier alpha value is -2.12. The summed E-state index contributed by atoms with van der Waals surface area (Å²) in [6.45, 7) is 2.59. The summed E-state index contributed by atoms with van der Waals surface area (Å²) < 4.78 is 9.06. The maximum Gasteiger partial charge on any atom is 0.335 e. The Bertz CT molecular complexity index is 963. The van der Waals surface area contributed by atoms with Crippen LogP contribution in [0.4, 0.5) is 0 Å². The number of aryl methyl sites for hydroxylation is 1. The van der Waals surface area contributed by atoms with Crippen LogP contribution >= 0.6 is 35.3 Å². The summed E-state index contributed by atoms with van der Waals surface area (Å²) in [5.74, 6) is 1.52. The topological polar surface area (TPSA) is 58.6 Å². The van der Waals surface area contributed by atoms with Crippen LogP contribution < -0.4 is 9.46 Å². The van der Waals surface area contributed by atoms with Crippen molar-refractivity contribution in [2.45, 2.75) is 16.7 Å². The maximum absolute atomic E-state index is 11.2. The molecule has 0 heterocycles. The van der Waals surface area contributed by atoms with Crippen LogP contribution in [0.15, 0.2) is 76.5 Å². The van der Waals surface area contributed by atoms with Crippen LogP contribution in [0.25, 0.3) is 0 Å². The summed E-state index contributed by atoms with van der Waals surface area (Å²) in [7, 11) is 0. The molecule has 0 bridgehead atoms. The van der Waals surface area contributed by atoms with Gasteiger partial charge < -0.3 is 9.84 Å². The predicted molar refractivity (Wildman–Crippen MR) is 121 cm³/mol. The van der Waals surface area contributed by atoms with Crippen LogP contribution in [0.2, 0.25) is 5.02 Å². The smallest absolute Gasteiger partial charge is 0.335 e.